The first-order valence-electron chi connectivity index (χ1n) is 2.68. The molecule has 0 amide bonds. The van der Waals surface area contributed by atoms with Crippen molar-refractivity contribution in [2.24, 2.45) is 20.7 Å². The summed E-state index contributed by atoms with van der Waals surface area (Å²) in [5.74, 6) is -5.30. The van der Waals surface area contributed by atoms with Crippen LogP contribution in [0.3, 0.4) is 0 Å². The lowest BCUT2D eigenvalue weighted by Gasteiger charge is -2.25. The highest BCUT2D eigenvalue weighted by molar-refractivity contribution is 6.24. The first-order valence-corrected chi connectivity index (χ1v) is 3.06. The maximum absolute atomic E-state index is 12.5. The number of hydrogen-bond acceptors (Lipinski definition) is 4. The molecule has 10 heteroatoms. The van der Waals surface area contributed by atoms with Gasteiger partial charge in [-0.15, -0.1) is 10.2 Å². The van der Waals surface area contributed by atoms with Gasteiger partial charge >= 0.3 is 17.2 Å². The fourth-order valence-corrected chi connectivity index (χ4v) is 0.659. The minimum absolute atomic E-state index is 2.39. The van der Waals surface area contributed by atoms with Gasteiger partial charge in [0.1, 0.15) is 0 Å². The average Bonchev–Trinajstić information content (AvgIpc) is 2.35. The largest absolute Gasteiger partial charge is 0.459 e. The Hall–Kier alpha value is -0.860. The quantitative estimate of drug-likeness (QED) is 0.372. The lowest BCUT2D eigenvalue weighted by Crippen LogP contribution is -2.50. The summed E-state index contributed by atoms with van der Waals surface area (Å²) in [5.41, 5.74) is 0. The van der Waals surface area contributed by atoms with E-state index in [0.29, 0.717) is 0 Å². The second-order valence-electron chi connectivity index (χ2n) is 2.04. The van der Waals surface area contributed by atoms with Crippen LogP contribution < -0.4 is 0 Å². The number of halogens is 6. The monoisotopic (exact) mass is 222 g/mol. The van der Waals surface area contributed by atoms with Gasteiger partial charge in [0.2, 0.25) is 0 Å². The van der Waals surface area contributed by atoms with Crippen LogP contribution in [0.4, 0.5) is 22.0 Å². The number of rotatable bonds is 1. The molecule has 1 rings (SSSR count). The number of alkyl halides is 6. The molecule has 74 valence electrons. The van der Waals surface area contributed by atoms with Gasteiger partial charge in [-0.05, 0) is 10.4 Å². The lowest BCUT2D eigenvalue weighted by atomic mass is 10.2. The first-order chi connectivity index (χ1) is 5.71. The van der Waals surface area contributed by atoms with Gasteiger partial charge in [0.05, 0.1) is 0 Å². The van der Waals surface area contributed by atoms with Crippen LogP contribution in [0.15, 0.2) is 20.7 Å². The van der Waals surface area contributed by atoms with Crippen LogP contribution in [0.2, 0.25) is 0 Å². The van der Waals surface area contributed by atoms with Gasteiger partial charge in [-0.25, -0.2) is 0 Å². The molecule has 0 unspecified atom stereocenters. The van der Waals surface area contributed by atoms with E-state index in [1.165, 1.54) is 0 Å². The minimum Gasteiger partial charge on any atom is -0.189 e. The molecular formula is C3ClF5N4. The first kappa shape index (κ1) is 10.2. The fourth-order valence-electron chi connectivity index (χ4n) is 0.484. The van der Waals surface area contributed by atoms with Crippen LogP contribution in [-0.2, 0) is 0 Å². The molecule has 0 aromatic rings. The fraction of sp³-hybridized carbons (Fsp3) is 1.00. The zero-order chi connectivity index (χ0) is 10.3. The van der Waals surface area contributed by atoms with E-state index in [4.69, 9.17) is 11.6 Å². The van der Waals surface area contributed by atoms with Crippen molar-refractivity contribution in [2.45, 2.75) is 17.2 Å². The summed E-state index contributed by atoms with van der Waals surface area (Å²) < 4.78 is 60.0. The van der Waals surface area contributed by atoms with Gasteiger partial charge in [0, 0.05) is 0 Å². The molecule has 0 aliphatic carbocycles. The van der Waals surface area contributed by atoms with E-state index >= 15 is 0 Å². The lowest BCUT2D eigenvalue weighted by molar-refractivity contribution is -0.295. The molecule has 0 radical (unpaired) electrons. The van der Waals surface area contributed by atoms with Crippen molar-refractivity contribution in [3.8, 4) is 0 Å². The molecule has 0 bridgehead atoms. The summed E-state index contributed by atoms with van der Waals surface area (Å²) in [4.78, 5) is 0. The van der Waals surface area contributed by atoms with Crippen LogP contribution in [0.1, 0.15) is 0 Å². The summed E-state index contributed by atoms with van der Waals surface area (Å²) in [7, 11) is 0. The molecule has 0 N–H and O–H groups in total. The highest BCUT2D eigenvalue weighted by atomic mass is 35.5. The van der Waals surface area contributed by atoms with E-state index in [1.807, 2.05) is 0 Å². The molecule has 0 saturated carbocycles. The van der Waals surface area contributed by atoms with Crippen LogP contribution in [0.25, 0.3) is 0 Å². The van der Waals surface area contributed by atoms with E-state index in [0.717, 1.165) is 0 Å². The SMILES string of the molecule is FC(F)(F)C(F)(F)C1(Cl)N=NN=N1. The third-order valence-electron chi connectivity index (χ3n) is 1.15. The molecule has 1 heterocycles. The Bertz CT molecular complexity index is 257. The van der Waals surface area contributed by atoms with E-state index in [-0.39, 0.29) is 0 Å². The topological polar surface area (TPSA) is 49.4 Å². The highest BCUT2D eigenvalue weighted by Crippen LogP contribution is 2.49. The van der Waals surface area contributed by atoms with Crippen molar-refractivity contribution in [3.63, 3.8) is 0 Å². The van der Waals surface area contributed by atoms with Gasteiger partial charge in [-0.3, -0.25) is 0 Å². The van der Waals surface area contributed by atoms with Crippen LogP contribution in [-0.4, -0.2) is 17.2 Å². The van der Waals surface area contributed by atoms with Crippen LogP contribution in [0.5, 0.6) is 0 Å². The Morgan fingerprint density at radius 1 is 0.923 bits per heavy atom. The molecule has 0 fully saturated rings. The summed E-state index contributed by atoms with van der Waals surface area (Å²) in [6.45, 7) is 0. The van der Waals surface area contributed by atoms with Crippen LogP contribution >= 0.6 is 11.6 Å². The van der Waals surface area contributed by atoms with Gasteiger partial charge in [0.15, 0.2) is 0 Å². The highest BCUT2D eigenvalue weighted by Gasteiger charge is 2.73. The Kier molecular flexibility index (Phi) is 2.02. The molecule has 4 nitrogen and oxygen atoms in total. The maximum atomic E-state index is 12.5. The van der Waals surface area contributed by atoms with E-state index in [2.05, 4.69) is 20.7 Å². The minimum atomic E-state index is -5.85. The molecule has 1 aliphatic heterocycles. The second kappa shape index (κ2) is 2.56. The normalized spacial score (nSPS) is 21.1. The predicted octanol–water partition coefficient (Wildman–Crippen LogP) is 2.91. The van der Waals surface area contributed by atoms with Gasteiger partial charge in [0.25, 0.3) is 0 Å². The van der Waals surface area contributed by atoms with E-state index in [1.54, 1.807) is 0 Å². The molecule has 0 spiro atoms. The summed E-state index contributed by atoms with van der Waals surface area (Å²) in [6.07, 6.45) is -5.85. The summed E-state index contributed by atoms with van der Waals surface area (Å²) in [5, 5.41) is 6.27. The third kappa shape index (κ3) is 1.36. The predicted molar refractivity (Wildman–Crippen MR) is 29.3 cm³/mol. The Morgan fingerprint density at radius 3 is 1.62 bits per heavy atom. The molecule has 0 aromatic heterocycles. The molecular weight excluding hydrogens is 223 g/mol. The van der Waals surface area contributed by atoms with Crippen LogP contribution in [0, 0.1) is 0 Å². The zero-order valence-electron chi connectivity index (χ0n) is 5.56. The maximum Gasteiger partial charge on any atom is 0.459 e. The molecule has 0 atom stereocenters. The van der Waals surface area contributed by atoms with Crippen molar-refractivity contribution < 1.29 is 22.0 Å². The number of hydrogen-bond donors (Lipinski definition) is 0. The third-order valence-corrected chi connectivity index (χ3v) is 1.54. The Labute approximate surface area is 72.5 Å². The van der Waals surface area contributed by atoms with Crippen molar-refractivity contribution in [3.05, 3.63) is 0 Å². The van der Waals surface area contributed by atoms with Gasteiger partial charge in [-0.2, -0.15) is 22.0 Å². The zero-order valence-corrected chi connectivity index (χ0v) is 6.31. The van der Waals surface area contributed by atoms with Crippen molar-refractivity contribution in [2.75, 3.05) is 0 Å². The summed E-state index contributed by atoms with van der Waals surface area (Å²) >= 11 is 4.76. The molecule has 0 aromatic carbocycles. The standard InChI is InChI=1S/C3ClF5N4/c4-2(10-12-13-11-2)1(5,6)3(7,8)9. The van der Waals surface area contributed by atoms with Crippen molar-refractivity contribution in [1.29, 1.82) is 0 Å². The Balaban J connectivity index is 3.06. The molecule has 0 saturated heterocycles. The van der Waals surface area contributed by atoms with Crippen molar-refractivity contribution in [1.82, 2.24) is 0 Å². The van der Waals surface area contributed by atoms with Crippen molar-refractivity contribution >= 4 is 11.6 Å². The van der Waals surface area contributed by atoms with E-state index < -0.39 is 17.2 Å². The smallest absolute Gasteiger partial charge is 0.189 e. The molecule has 1 aliphatic rings. The van der Waals surface area contributed by atoms with Gasteiger partial charge < -0.3 is 0 Å². The second-order valence-corrected chi connectivity index (χ2v) is 2.57. The van der Waals surface area contributed by atoms with E-state index in [9.17, 15) is 22.0 Å². The van der Waals surface area contributed by atoms with Gasteiger partial charge in [-0.1, -0.05) is 11.6 Å². The average molecular weight is 223 g/mol. The number of nitrogens with zero attached hydrogens (tertiary/aromatic N) is 4. The molecule has 13 heavy (non-hydrogen) atoms. The summed E-state index contributed by atoms with van der Waals surface area (Å²) in [6, 6.07) is 0. The Morgan fingerprint density at radius 2 is 1.31 bits per heavy atom.